The Bertz CT molecular complexity index is 2090. The normalized spacial score (nSPS) is 20.4. The molecule has 284 valence electrons. The molecule has 3 heterocycles. The molecule has 1 aromatic heterocycles. The van der Waals surface area contributed by atoms with Gasteiger partial charge in [-0.15, -0.1) is 0 Å². The van der Waals surface area contributed by atoms with Crippen LogP contribution in [-0.2, 0) is 35.4 Å². The van der Waals surface area contributed by atoms with Gasteiger partial charge in [0.05, 0.1) is 26.3 Å². The minimum atomic E-state index is -0.905. The quantitative estimate of drug-likeness (QED) is 0.139. The number of urea groups is 1. The van der Waals surface area contributed by atoms with Crippen molar-refractivity contribution >= 4 is 17.8 Å². The monoisotopic (exact) mass is 740 g/mol. The lowest BCUT2D eigenvalue weighted by Crippen LogP contribution is -2.51. The highest BCUT2D eigenvalue weighted by Gasteiger charge is 2.55. The van der Waals surface area contributed by atoms with Crippen LogP contribution in [0.1, 0.15) is 52.2 Å². The molecular weight excluding hydrogens is 693 g/mol. The number of benzene rings is 4. The van der Waals surface area contributed by atoms with Crippen LogP contribution in [0, 0.1) is 6.92 Å². The molecule has 0 spiro atoms. The summed E-state index contributed by atoms with van der Waals surface area (Å²) in [5, 5.41) is 2.92. The maximum Gasteiger partial charge on any atom is 0.321 e. The molecule has 10 heteroatoms. The summed E-state index contributed by atoms with van der Waals surface area (Å²) in [5.41, 5.74) is 5.07. The third kappa shape index (κ3) is 8.82. The molecule has 0 saturated carbocycles. The molecule has 0 radical (unpaired) electrons. The molecule has 3 amide bonds. The zero-order valence-corrected chi connectivity index (χ0v) is 32.0. The van der Waals surface area contributed by atoms with Crippen LogP contribution in [0.3, 0.4) is 0 Å². The van der Waals surface area contributed by atoms with Crippen molar-refractivity contribution < 1.29 is 28.5 Å². The number of anilines is 1. The first kappa shape index (κ1) is 37.6. The van der Waals surface area contributed by atoms with Crippen molar-refractivity contribution in [2.45, 2.75) is 76.8 Å². The number of aryl methyl sites for hydroxylation is 1. The molecule has 4 aromatic carbocycles. The van der Waals surface area contributed by atoms with E-state index < -0.39 is 30.1 Å². The lowest BCUT2D eigenvalue weighted by Gasteiger charge is -2.37. The predicted molar refractivity (Wildman–Crippen MR) is 211 cm³/mol. The first-order valence-electron chi connectivity index (χ1n) is 18.7. The van der Waals surface area contributed by atoms with Crippen molar-refractivity contribution in [3.05, 3.63) is 155 Å². The topological polar surface area (TPSA) is 102 Å². The van der Waals surface area contributed by atoms with E-state index in [1.165, 1.54) is 0 Å². The summed E-state index contributed by atoms with van der Waals surface area (Å²) in [4.78, 5) is 37.3. The molecule has 2 saturated heterocycles. The van der Waals surface area contributed by atoms with Crippen LogP contribution in [0.15, 0.2) is 121 Å². The maximum atomic E-state index is 15.5. The molecule has 7 rings (SSSR count). The number of hydrogen-bond donors (Lipinski definition) is 1. The maximum absolute atomic E-state index is 15.5. The van der Waals surface area contributed by atoms with Gasteiger partial charge in [-0.3, -0.25) is 4.79 Å². The van der Waals surface area contributed by atoms with Gasteiger partial charge in [0.2, 0.25) is 0 Å². The number of hydrogen-bond acceptors (Lipinski definition) is 7. The molecule has 5 aromatic rings. The van der Waals surface area contributed by atoms with Crippen LogP contribution in [0.4, 0.5) is 10.6 Å². The van der Waals surface area contributed by atoms with E-state index in [1.54, 1.807) is 26.4 Å². The second-order valence-corrected chi connectivity index (χ2v) is 14.7. The summed E-state index contributed by atoms with van der Waals surface area (Å²) >= 11 is 0. The molecule has 4 atom stereocenters. The van der Waals surface area contributed by atoms with Crippen LogP contribution < -0.4 is 14.8 Å². The van der Waals surface area contributed by atoms with Crippen molar-refractivity contribution in [1.82, 2.24) is 14.8 Å². The summed E-state index contributed by atoms with van der Waals surface area (Å²) in [6.07, 6.45) is 0.134. The molecule has 2 aliphatic heterocycles. The summed E-state index contributed by atoms with van der Waals surface area (Å²) in [6, 6.07) is 38.0. The van der Waals surface area contributed by atoms with Gasteiger partial charge >= 0.3 is 6.03 Å². The second kappa shape index (κ2) is 16.3. The molecule has 0 unspecified atom stereocenters. The van der Waals surface area contributed by atoms with Crippen LogP contribution >= 0.6 is 0 Å². The average molecular weight is 741 g/mol. The van der Waals surface area contributed by atoms with Gasteiger partial charge in [-0.25, -0.2) is 9.78 Å². The van der Waals surface area contributed by atoms with Crippen molar-refractivity contribution in [2.75, 3.05) is 19.5 Å². The molecule has 0 bridgehead atoms. The number of carbonyl (C=O) groups excluding carboxylic acids is 2. The van der Waals surface area contributed by atoms with E-state index >= 15 is 4.79 Å². The summed E-state index contributed by atoms with van der Waals surface area (Å²) < 4.78 is 25.0. The Labute approximate surface area is 323 Å². The molecular formula is C45H48N4O6. The predicted octanol–water partition coefficient (Wildman–Crippen LogP) is 7.84. The summed E-state index contributed by atoms with van der Waals surface area (Å²) in [5.74, 6) is 0.546. The summed E-state index contributed by atoms with van der Waals surface area (Å²) in [7, 11) is 3.23. The van der Waals surface area contributed by atoms with Gasteiger partial charge in [0.1, 0.15) is 29.5 Å². The lowest BCUT2D eigenvalue weighted by molar-refractivity contribution is -0.157. The Balaban J connectivity index is 1.32. The number of methoxy groups -OCH3 is 2. The van der Waals surface area contributed by atoms with Gasteiger partial charge < -0.3 is 34.1 Å². The number of aromatic nitrogens is 1. The Kier molecular flexibility index (Phi) is 11.2. The van der Waals surface area contributed by atoms with Gasteiger partial charge in [-0.2, -0.15) is 0 Å². The van der Waals surface area contributed by atoms with E-state index in [2.05, 4.69) is 34.6 Å². The van der Waals surface area contributed by atoms with E-state index in [9.17, 15) is 4.79 Å². The van der Waals surface area contributed by atoms with Gasteiger partial charge in [0.15, 0.2) is 5.79 Å². The zero-order chi connectivity index (χ0) is 38.5. The Morgan fingerprint density at radius 3 is 1.76 bits per heavy atom. The smallest absolute Gasteiger partial charge is 0.321 e. The van der Waals surface area contributed by atoms with Crippen LogP contribution in [0.25, 0.3) is 0 Å². The van der Waals surface area contributed by atoms with E-state index in [4.69, 9.17) is 18.9 Å². The molecule has 55 heavy (non-hydrogen) atoms. The van der Waals surface area contributed by atoms with Crippen LogP contribution in [0.2, 0.25) is 0 Å². The second-order valence-electron chi connectivity index (χ2n) is 14.7. The van der Waals surface area contributed by atoms with Crippen molar-refractivity contribution in [2.24, 2.45) is 0 Å². The minimum absolute atomic E-state index is 0.165. The van der Waals surface area contributed by atoms with Crippen molar-refractivity contribution in [1.29, 1.82) is 0 Å². The van der Waals surface area contributed by atoms with Gasteiger partial charge in [0.25, 0.3) is 5.91 Å². The van der Waals surface area contributed by atoms with Gasteiger partial charge in [-0.1, -0.05) is 78.9 Å². The first-order valence-corrected chi connectivity index (χ1v) is 18.7. The Hall–Kier alpha value is -5.71. The number of amides is 3. The fourth-order valence-electron chi connectivity index (χ4n) is 7.71. The van der Waals surface area contributed by atoms with E-state index in [-0.39, 0.29) is 25.0 Å². The number of ether oxygens (including phenoxy) is 4. The molecule has 0 aliphatic carbocycles. The number of rotatable bonds is 12. The number of nitrogens with zero attached hydrogens (tertiary/aromatic N) is 3. The number of fused-ring (bicyclic) bond motifs is 1. The largest absolute Gasteiger partial charge is 0.497 e. The Morgan fingerprint density at radius 2 is 1.22 bits per heavy atom. The third-order valence-corrected chi connectivity index (χ3v) is 10.2. The van der Waals surface area contributed by atoms with Gasteiger partial charge in [0, 0.05) is 30.4 Å². The highest BCUT2D eigenvalue weighted by atomic mass is 16.8. The highest BCUT2D eigenvalue weighted by Crippen LogP contribution is 2.41. The zero-order valence-electron chi connectivity index (χ0n) is 32.0. The first-order chi connectivity index (χ1) is 26.6. The molecule has 2 fully saturated rings. The summed E-state index contributed by atoms with van der Waals surface area (Å²) in [6.45, 7) is 6.24. The minimum Gasteiger partial charge on any atom is -0.497 e. The number of carbonyl (C=O) groups is 2. The molecule has 2 aliphatic rings. The lowest BCUT2D eigenvalue weighted by atomic mass is 9.91. The number of nitrogens with one attached hydrogen (secondary N) is 1. The van der Waals surface area contributed by atoms with E-state index in [0.29, 0.717) is 35.7 Å². The third-order valence-electron chi connectivity index (χ3n) is 10.2. The standard InChI is InChI=1S/C45H48N4O6/c1-30-14-12-21-40(46-30)47-43(50)35-20-13-19-33(22-35)28-48-38(25-31-15-8-6-9-16-31)41-42(55-45(2,3)54-41)39(26-32-17-10-7-11-18-32)49(44(48)51)29-34-23-36(52-4)27-37(24-34)53-5/h6-24,27,38-39,41-42H,25-26,28-29H2,1-5H3,(H,46,47,50)/t38-,39-,41+,42+/m1/s1. The fourth-order valence-corrected chi connectivity index (χ4v) is 7.71. The molecule has 1 N–H and O–H groups in total. The van der Waals surface area contributed by atoms with E-state index in [0.717, 1.165) is 27.9 Å². The van der Waals surface area contributed by atoms with Gasteiger partial charge in [-0.05, 0) is 92.3 Å². The van der Waals surface area contributed by atoms with Crippen LogP contribution in [-0.4, -0.2) is 71.0 Å². The highest BCUT2D eigenvalue weighted by molar-refractivity contribution is 6.03. The molecule has 10 nitrogen and oxygen atoms in total. The average Bonchev–Trinajstić information content (AvgIpc) is 3.49. The van der Waals surface area contributed by atoms with Crippen molar-refractivity contribution in [3.8, 4) is 11.5 Å². The Morgan fingerprint density at radius 1 is 0.691 bits per heavy atom. The number of pyridine rings is 1. The SMILES string of the molecule is COc1cc(CN2C(=O)N(Cc3cccc(C(=O)Nc4cccc(C)n4)c3)[C@H](Cc3ccccc3)[C@@H]3OC(C)(C)O[C@H]3[C@H]2Cc2ccccc2)cc(OC)c1. The van der Waals surface area contributed by atoms with Crippen LogP contribution in [0.5, 0.6) is 11.5 Å². The fraction of sp³-hybridized carbons (Fsp3) is 0.311. The van der Waals surface area contributed by atoms with E-state index in [1.807, 2.05) is 116 Å². The van der Waals surface area contributed by atoms with Crippen molar-refractivity contribution in [3.63, 3.8) is 0 Å².